The minimum Gasteiger partial charge on any atom is -0.504 e. The zero-order chi connectivity index (χ0) is 6.27. The van der Waals surface area contributed by atoms with E-state index < -0.39 is 0 Å². The Hall–Kier alpha value is -1.25. The van der Waals surface area contributed by atoms with Crippen LogP contribution in [0.3, 0.4) is 0 Å². The first-order chi connectivity index (χ1) is 4.38. The molecular formula is C6H6N2O. The van der Waals surface area contributed by atoms with Gasteiger partial charge in [-0.15, -0.1) is 0 Å². The molecular weight excluding hydrogens is 116 g/mol. The lowest BCUT2D eigenvalue weighted by molar-refractivity contribution is 0.477. The second-order valence-corrected chi connectivity index (χ2v) is 1.99. The molecule has 3 nitrogen and oxygen atoms in total. The van der Waals surface area contributed by atoms with Crippen molar-refractivity contribution in [3.63, 3.8) is 0 Å². The van der Waals surface area contributed by atoms with E-state index in [-0.39, 0.29) is 5.75 Å². The maximum Gasteiger partial charge on any atom is 0.175 e. The van der Waals surface area contributed by atoms with Crippen LogP contribution in [0.5, 0.6) is 5.75 Å². The van der Waals surface area contributed by atoms with Crippen LogP contribution in [0.15, 0.2) is 17.3 Å². The van der Waals surface area contributed by atoms with Gasteiger partial charge in [-0.05, 0) is 0 Å². The van der Waals surface area contributed by atoms with E-state index in [4.69, 9.17) is 5.11 Å². The largest absolute Gasteiger partial charge is 0.504 e. The van der Waals surface area contributed by atoms with Crippen molar-refractivity contribution >= 4 is 12.0 Å². The summed E-state index contributed by atoms with van der Waals surface area (Å²) in [7, 11) is 0. The van der Waals surface area contributed by atoms with Gasteiger partial charge in [0.2, 0.25) is 0 Å². The minimum atomic E-state index is 0.267. The molecule has 0 saturated carbocycles. The van der Waals surface area contributed by atoms with Crippen LogP contribution in [0.4, 0.5) is 5.82 Å². The third-order valence-electron chi connectivity index (χ3n) is 1.41. The number of hydrogen-bond donors (Lipinski definition) is 1. The van der Waals surface area contributed by atoms with Gasteiger partial charge in [-0.1, -0.05) is 0 Å². The molecule has 0 unspecified atom stereocenters. The minimum absolute atomic E-state index is 0.267. The third-order valence-corrected chi connectivity index (χ3v) is 1.41. The first kappa shape index (κ1) is 4.61. The number of aliphatic imine (C=N–C) groups is 1. The van der Waals surface area contributed by atoms with Crippen molar-refractivity contribution < 1.29 is 5.11 Å². The zero-order valence-electron chi connectivity index (χ0n) is 4.78. The molecule has 0 spiro atoms. The topological polar surface area (TPSA) is 37.5 Å². The molecule has 0 fully saturated rings. The van der Waals surface area contributed by atoms with Gasteiger partial charge < -0.3 is 9.67 Å². The lowest BCUT2D eigenvalue weighted by atomic mass is 10.6. The molecule has 46 valence electrons. The highest BCUT2D eigenvalue weighted by molar-refractivity contribution is 5.70. The third kappa shape index (κ3) is 0.483. The molecule has 0 bridgehead atoms. The van der Waals surface area contributed by atoms with E-state index in [1.165, 1.54) is 0 Å². The molecule has 1 N–H and O–H groups in total. The predicted octanol–water partition coefficient (Wildman–Crippen LogP) is 0.910. The van der Waals surface area contributed by atoms with Crippen molar-refractivity contribution in [2.24, 2.45) is 4.99 Å². The number of aromatic hydroxyl groups is 1. The second-order valence-electron chi connectivity index (χ2n) is 1.99. The molecule has 0 aromatic carbocycles. The van der Waals surface area contributed by atoms with Gasteiger partial charge in [0.15, 0.2) is 11.6 Å². The monoisotopic (exact) mass is 122 g/mol. The summed E-state index contributed by atoms with van der Waals surface area (Å²) in [5.74, 6) is 0.943. The van der Waals surface area contributed by atoms with Gasteiger partial charge in [-0.2, -0.15) is 0 Å². The van der Waals surface area contributed by atoms with Crippen LogP contribution in [0.2, 0.25) is 0 Å². The molecule has 1 aliphatic rings. The van der Waals surface area contributed by atoms with Gasteiger partial charge in [0.05, 0.1) is 6.54 Å². The van der Waals surface area contributed by atoms with E-state index in [2.05, 4.69) is 4.99 Å². The van der Waals surface area contributed by atoms with Crippen LogP contribution < -0.4 is 0 Å². The number of fused-ring (bicyclic) bond motifs is 1. The molecule has 3 heteroatoms. The van der Waals surface area contributed by atoms with Crippen LogP contribution in [0.25, 0.3) is 0 Å². The molecule has 1 aliphatic heterocycles. The fourth-order valence-corrected chi connectivity index (χ4v) is 0.956. The summed E-state index contributed by atoms with van der Waals surface area (Å²) < 4.78 is 1.88. The zero-order valence-corrected chi connectivity index (χ0v) is 4.78. The van der Waals surface area contributed by atoms with E-state index in [1.54, 1.807) is 12.3 Å². The second kappa shape index (κ2) is 1.37. The molecule has 9 heavy (non-hydrogen) atoms. The van der Waals surface area contributed by atoms with Crippen molar-refractivity contribution in [2.45, 2.75) is 6.54 Å². The SMILES string of the molecule is Oc1ccn2c1N=CC2. The Kier molecular flexibility index (Phi) is 0.704. The lowest BCUT2D eigenvalue weighted by Crippen LogP contribution is -1.86. The van der Waals surface area contributed by atoms with Crippen molar-refractivity contribution in [1.82, 2.24) is 4.57 Å². The number of hydrogen-bond acceptors (Lipinski definition) is 2. The van der Waals surface area contributed by atoms with Crippen molar-refractivity contribution in [3.8, 4) is 5.75 Å². The Bertz CT molecular complexity index is 262. The normalized spacial score (nSPS) is 14.2. The van der Waals surface area contributed by atoms with Crippen LogP contribution in [-0.4, -0.2) is 15.9 Å². The molecule has 0 amide bonds. The van der Waals surface area contributed by atoms with Crippen molar-refractivity contribution in [1.29, 1.82) is 0 Å². The standard InChI is InChI=1S/C6H6N2O/c9-5-1-3-8-4-2-7-6(5)8/h1-3,9H,4H2. The van der Waals surface area contributed by atoms with Crippen LogP contribution in [0.1, 0.15) is 0 Å². The molecule has 2 heterocycles. The average molecular weight is 122 g/mol. The van der Waals surface area contributed by atoms with Crippen LogP contribution in [-0.2, 0) is 6.54 Å². The average Bonchev–Trinajstić information content (AvgIpc) is 2.35. The fraction of sp³-hybridized carbons (Fsp3) is 0.167. The van der Waals surface area contributed by atoms with E-state index in [1.807, 2.05) is 10.8 Å². The Balaban J connectivity index is 2.67. The molecule has 0 atom stereocenters. The van der Waals surface area contributed by atoms with Gasteiger partial charge in [-0.3, -0.25) is 0 Å². The van der Waals surface area contributed by atoms with E-state index >= 15 is 0 Å². The smallest absolute Gasteiger partial charge is 0.175 e. The first-order valence-corrected chi connectivity index (χ1v) is 2.78. The molecule has 2 rings (SSSR count). The Morgan fingerprint density at radius 3 is 3.33 bits per heavy atom. The highest BCUT2D eigenvalue weighted by Gasteiger charge is 2.08. The van der Waals surface area contributed by atoms with E-state index in [0.717, 1.165) is 6.54 Å². The Morgan fingerprint density at radius 2 is 2.56 bits per heavy atom. The van der Waals surface area contributed by atoms with Crippen LogP contribution in [0, 0.1) is 0 Å². The molecule has 0 aliphatic carbocycles. The maximum atomic E-state index is 9.04. The molecule has 0 saturated heterocycles. The number of rotatable bonds is 0. The summed E-state index contributed by atoms with van der Waals surface area (Å²) >= 11 is 0. The van der Waals surface area contributed by atoms with Gasteiger partial charge in [0.1, 0.15) is 0 Å². The van der Waals surface area contributed by atoms with E-state index in [0.29, 0.717) is 5.82 Å². The van der Waals surface area contributed by atoms with Crippen LogP contribution >= 0.6 is 0 Å². The fourth-order valence-electron chi connectivity index (χ4n) is 0.956. The Labute approximate surface area is 52.3 Å². The van der Waals surface area contributed by atoms with Gasteiger partial charge in [0, 0.05) is 18.5 Å². The summed E-state index contributed by atoms with van der Waals surface area (Å²) in [6.45, 7) is 0.788. The molecule has 1 aromatic heterocycles. The molecule has 0 radical (unpaired) electrons. The summed E-state index contributed by atoms with van der Waals surface area (Å²) in [6.07, 6.45) is 3.59. The highest BCUT2D eigenvalue weighted by atomic mass is 16.3. The number of nitrogens with zero attached hydrogens (tertiary/aromatic N) is 2. The summed E-state index contributed by atoms with van der Waals surface area (Å²) in [6, 6.07) is 1.64. The quantitative estimate of drug-likeness (QED) is 0.545. The highest BCUT2D eigenvalue weighted by Crippen LogP contribution is 2.29. The predicted molar refractivity (Wildman–Crippen MR) is 34.2 cm³/mol. The van der Waals surface area contributed by atoms with Gasteiger partial charge in [0.25, 0.3) is 0 Å². The first-order valence-electron chi connectivity index (χ1n) is 2.78. The maximum absolute atomic E-state index is 9.04. The van der Waals surface area contributed by atoms with Crippen molar-refractivity contribution in [2.75, 3.05) is 0 Å². The summed E-state index contributed by atoms with van der Waals surface area (Å²) in [4.78, 5) is 3.95. The number of aromatic nitrogens is 1. The lowest BCUT2D eigenvalue weighted by Gasteiger charge is -1.90. The van der Waals surface area contributed by atoms with E-state index in [9.17, 15) is 0 Å². The Morgan fingerprint density at radius 1 is 1.67 bits per heavy atom. The summed E-state index contributed by atoms with van der Waals surface area (Å²) in [5, 5.41) is 9.04. The van der Waals surface area contributed by atoms with Crippen molar-refractivity contribution in [3.05, 3.63) is 12.3 Å². The molecule has 1 aromatic rings. The van der Waals surface area contributed by atoms with Gasteiger partial charge in [-0.25, -0.2) is 4.99 Å². The summed E-state index contributed by atoms with van der Waals surface area (Å²) in [5.41, 5.74) is 0. The van der Waals surface area contributed by atoms with Gasteiger partial charge >= 0.3 is 0 Å².